The van der Waals surface area contributed by atoms with E-state index in [1.807, 2.05) is 68.4 Å². The van der Waals surface area contributed by atoms with Crippen LogP contribution in [0.5, 0.6) is 5.75 Å². The van der Waals surface area contributed by atoms with Crippen molar-refractivity contribution in [1.29, 1.82) is 0 Å². The van der Waals surface area contributed by atoms with Crippen LogP contribution in [0.1, 0.15) is 25.5 Å². The van der Waals surface area contributed by atoms with Crippen LogP contribution in [0.4, 0.5) is 0 Å². The Kier molecular flexibility index (Phi) is 5.53. The molecule has 0 amide bonds. The number of nitrogens with one attached hydrogen (secondary N) is 1. The number of aromatic amines is 1. The Morgan fingerprint density at radius 1 is 0.967 bits per heavy atom. The van der Waals surface area contributed by atoms with Gasteiger partial charge in [0, 0.05) is 22.7 Å². The Morgan fingerprint density at radius 3 is 2.53 bits per heavy atom. The van der Waals surface area contributed by atoms with Gasteiger partial charge in [-0.3, -0.25) is 5.10 Å². The van der Waals surface area contributed by atoms with Crippen LogP contribution in [0.25, 0.3) is 33.4 Å². The molecule has 6 heteroatoms. The van der Waals surface area contributed by atoms with Gasteiger partial charge in [-0.05, 0) is 41.3 Å². The molecular formula is C24H25N3O3. The second-order valence-electron chi connectivity index (χ2n) is 7.70. The molecule has 30 heavy (non-hydrogen) atoms. The highest BCUT2D eigenvalue weighted by molar-refractivity contribution is 5.94. The maximum absolute atomic E-state index is 10.5. The lowest BCUT2D eigenvalue weighted by Crippen LogP contribution is -2.23. The van der Waals surface area contributed by atoms with Crippen LogP contribution < -0.4 is 4.74 Å². The summed E-state index contributed by atoms with van der Waals surface area (Å²) >= 11 is 0. The van der Waals surface area contributed by atoms with Gasteiger partial charge in [-0.2, -0.15) is 5.10 Å². The fraction of sp³-hybridized carbons (Fsp3) is 0.250. The first-order valence-corrected chi connectivity index (χ1v) is 9.93. The molecule has 0 fully saturated rings. The standard InChI is InChI=1S/C24H25N3O3/c1-14(2)22(28)23(29)16-8-6-7-15(11-16)17-12-19-21(26-27-24(19)25-13-17)18-9-4-5-10-20(18)30-3/h4-14,22-23,28-29H,1-3H3,(H,25,26,27)/t22-,23-/m1/s1. The van der Waals surface area contributed by atoms with Crippen molar-refractivity contribution in [3.8, 4) is 28.1 Å². The number of para-hydroxylation sites is 1. The lowest BCUT2D eigenvalue weighted by atomic mass is 9.94. The van der Waals surface area contributed by atoms with Crippen molar-refractivity contribution in [2.75, 3.05) is 7.11 Å². The lowest BCUT2D eigenvalue weighted by molar-refractivity contribution is -0.00937. The molecule has 3 N–H and O–H groups in total. The number of aromatic nitrogens is 3. The number of hydrogen-bond acceptors (Lipinski definition) is 5. The third-order valence-corrected chi connectivity index (χ3v) is 5.35. The van der Waals surface area contributed by atoms with Gasteiger partial charge >= 0.3 is 0 Å². The van der Waals surface area contributed by atoms with Crippen molar-refractivity contribution >= 4 is 11.0 Å². The third kappa shape index (κ3) is 3.67. The van der Waals surface area contributed by atoms with E-state index in [1.165, 1.54) is 0 Å². The largest absolute Gasteiger partial charge is 0.496 e. The van der Waals surface area contributed by atoms with E-state index in [0.717, 1.165) is 33.5 Å². The maximum atomic E-state index is 10.5. The Bertz CT molecular complexity index is 1170. The molecule has 154 valence electrons. The number of aliphatic hydroxyl groups is 2. The summed E-state index contributed by atoms with van der Waals surface area (Å²) in [6.45, 7) is 3.77. The molecule has 0 aliphatic heterocycles. The first-order chi connectivity index (χ1) is 14.5. The van der Waals surface area contributed by atoms with Gasteiger partial charge in [0.05, 0.1) is 18.9 Å². The van der Waals surface area contributed by atoms with E-state index < -0.39 is 12.2 Å². The van der Waals surface area contributed by atoms with Gasteiger partial charge in [-0.15, -0.1) is 0 Å². The molecule has 2 aromatic heterocycles. The van der Waals surface area contributed by atoms with Crippen LogP contribution >= 0.6 is 0 Å². The van der Waals surface area contributed by atoms with Crippen molar-refractivity contribution in [3.05, 3.63) is 66.4 Å². The average molecular weight is 403 g/mol. The minimum Gasteiger partial charge on any atom is -0.496 e. The predicted molar refractivity (Wildman–Crippen MR) is 117 cm³/mol. The smallest absolute Gasteiger partial charge is 0.181 e. The van der Waals surface area contributed by atoms with Gasteiger partial charge in [-0.25, -0.2) is 4.98 Å². The van der Waals surface area contributed by atoms with Crippen LogP contribution in [0, 0.1) is 5.92 Å². The molecule has 0 saturated heterocycles. The molecule has 2 atom stereocenters. The number of H-pyrrole nitrogens is 1. The number of hydrogen-bond donors (Lipinski definition) is 3. The summed E-state index contributed by atoms with van der Waals surface area (Å²) in [5, 5.41) is 29.1. The van der Waals surface area contributed by atoms with Crippen molar-refractivity contribution in [2.24, 2.45) is 5.92 Å². The molecule has 4 aromatic rings. The summed E-state index contributed by atoms with van der Waals surface area (Å²) in [5.74, 6) is 0.706. The Labute approximate surface area is 175 Å². The topological polar surface area (TPSA) is 91.3 Å². The van der Waals surface area contributed by atoms with E-state index >= 15 is 0 Å². The normalized spacial score (nSPS) is 13.5. The molecule has 6 nitrogen and oxygen atoms in total. The molecule has 2 heterocycles. The summed E-state index contributed by atoms with van der Waals surface area (Å²) in [6, 6.07) is 17.3. The lowest BCUT2D eigenvalue weighted by Gasteiger charge is -2.21. The van der Waals surface area contributed by atoms with Gasteiger partial charge in [0.15, 0.2) is 5.65 Å². The summed E-state index contributed by atoms with van der Waals surface area (Å²) in [6.07, 6.45) is -0.00824. The Hall–Kier alpha value is -3.22. The number of benzene rings is 2. The van der Waals surface area contributed by atoms with E-state index in [9.17, 15) is 10.2 Å². The van der Waals surface area contributed by atoms with Crippen LogP contribution in [0.3, 0.4) is 0 Å². The summed E-state index contributed by atoms with van der Waals surface area (Å²) in [5.41, 5.74) is 4.84. The first kappa shape index (κ1) is 20.1. The molecule has 2 aromatic carbocycles. The van der Waals surface area contributed by atoms with E-state index in [2.05, 4.69) is 15.2 Å². The van der Waals surface area contributed by atoms with Crippen LogP contribution in [0.2, 0.25) is 0 Å². The molecule has 0 aliphatic carbocycles. The number of fused-ring (bicyclic) bond motifs is 1. The van der Waals surface area contributed by atoms with E-state index in [1.54, 1.807) is 13.3 Å². The van der Waals surface area contributed by atoms with Crippen LogP contribution in [-0.2, 0) is 0 Å². The quantitative estimate of drug-likeness (QED) is 0.445. The van der Waals surface area contributed by atoms with Crippen LogP contribution in [-0.4, -0.2) is 38.6 Å². The van der Waals surface area contributed by atoms with Gasteiger partial charge in [0.1, 0.15) is 11.9 Å². The molecule has 0 aliphatic rings. The fourth-order valence-corrected chi connectivity index (χ4v) is 3.58. The Morgan fingerprint density at radius 2 is 1.77 bits per heavy atom. The average Bonchev–Trinajstić information content (AvgIpc) is 3.21. The second kappa shape index (κ2) is 8.26. The van der Waals surface area contributed by atoms with Crippen molar-refractivity contribution in [3.63, 3.8) is 0 Å². The van der Waals surface area contributed by atoms with Crippen LogP contribution in [0.15, 0.2) is 60.8 Å². The number of nitrogens with zero attached hydrogens (tertiary/aromatic N) is 2. The van der Waals surface area contributed by atoms with Gasteiger partial charge in [0.2, 0.25) is 0 Å². The maximum Gasteiger partial charge on any atom is 0.181 e. The minimum absolute atomic E-state index is 0.0454. The monoisotopic (exact) mass is 403 g/mol. The predicted octanol–water partition coefficient (Wildman–Crippen LogP) is 4.35. The molecule has 0 saturated carbocycles. The molecule has 0 radical (unpaired) electrons. The SMILES string of the molecule is COc1ccccc1-c1[nH]nc2ncc(-c3cccc([C@@H](O)[C@H](O)C(C)C)c3)cc12. The highest BCUT2D eigenvalue weighted by atomic mass is 16.5. The van der Waals surface area contributed by atoms with Crippen molar-refractivity contribution in [1.82, 2.24) is 15.2 Å². The molecule has 0 bridgehead atoms. The number of methoxy groups -OCH3 is 1. The van der Waals surface area contributed by atoms with Gasteiger partial charge < -0.3 is 14.9 Å². The van der Waals surface area contributed by atoms with Gasteiger partial charge in [-0.1, -0.05) is 44.2 Å². The zero-order valence-corrected chi connectivity index (χ0v) is 17.2. The second-order valence-corrected chi connectivity index (χ2v) is 7.70. The molecule has 0 unspecified atom stereocenters. The highest BCUT2D eigenvalue weighted by Crippen LogP contribution is 2.35. The minimum atomic E-state index is -0.945. The summed E-state index contributed by atoms with van der Waals surface area (Å²) in [7, 11) is 1.64. The zero-order chi connectivity index (χ0) is 21.3. The van der Waals surface area contributed by atoms with E-state index in [4.69, 9.17) is 4.74 Å². The number of aliphatic hydroxyl groups excluding tert-OH is 2. The number of pyridine rings is 1. The van der Waals surface area contributed by atoms with Crippen molar-refractivity contribution in [2.45, 2.75) is 26.1 Å². The molecular weight excluding hydrogens is 378 g/mol. The molecule has 0 spiro atoms. The molecule has 4 rings (SSSR count). The first-order valence-electron chi connectivity index (χ1n) is 9.93. The summed E-state index contributed by atoms with van der Waals surface area (Å²) < 4.78 is 5.50. The number of ether oxygens (including phenoxy) is 1. The van der Waals surface area contributed by atoms with Gasteiger partial charge in [0.25, 0.3) is 0 Å². The fourth-order valence-electron chi connectivity index (χ4n) is 3.58. The van der Waals surface area contributed by atoms with E-state index in [-0.39, 0.29) is 5.92 Å². The third-order valence-electron chi connectivity index (χ3n) is 5.35. The highest BCUT2D eigenvalue weighted by Gasteiger charge is 2.22. The summed E-state index contributed by atoms with van der Waals surface area (Å²) in [4.78, 5) is 4.50. The van der Waals surface area contributed by atoms with Crippen molar-refractivity contribution < 1.29 is 14.9 Å². The van der Waals surface area contributed by atoms with E-state index in [0.29, 0.717) is 11.2 Å². The number of rotatable bonds is 6. The zero-order valence-electron chi connectivity index (χ0n) is 17.2. The Balaban J connectivity index is 1.77.